The molecule has 1 N–H and O–H groups in total. The number of esters is 1. The molecule has 0 bridgehead atoms. The molecule has 0 unspecified atom stereocenters. The molecule has 0 aliphatic rings. The van der Waals surface area contributed by atoms with E-state index in [9.17, 15) is 4.79 Å². The van der Waals surface area contributed by atoms with Crippen LogP contribution in [0.1, 0.15) is 49.9 Å². The second-order valence-corrected chi connectivity index (χ2v) is 6.95. The summed E-state index contributed by atoms with van der Waals surface area (Å²) in [5.41, 5.74) is 5.64. The Morgan fingerprint density at radius 2 is 2.19 bits per heavy atom. The summed E-state index contributed by atoms with van der Waals surface area (Å²) in [4.78, 5) is 15.8. The average Bonchev–Trinajstić information content (AvgIpc) is 3.07. The minimum Gasteiger partial charge on any atom is -0.493 e. The van der Waals surface area contributed by atoms with Crippen molar-refractivity contribution in [2.24, 2.45) is 5.10 Å². The van der Waals surface area contributed by atoms with E-state index in [1.165, 1.54) is 17.8 Å². The standard InChI is InChI=1S/C20H27N3O3S/c1-4-6-7-10-26-18-9-8-15(3)11-16(18)13-21-23-20-22-17(14-27-20)12-19(24)25-5-2/h8-9,11,13-14H,4-7,10,12H2,1-3H3,(H,22,23). The van der Waals surface area contributed by atoms with Crippen LogP contribution in [-0.4, -0.2) is 30.4 Å². The third-order valence-corrected chi connectivity index (χ3v) is 4.51. The molecule has 0 spiro atoms. The van der Waals surface area contributed by atoms with Crippen LogP contribution in [0.5, 0.6) is 5.75 Å². The van der Waals surface area contributed by atoms with Crippen molar-refractivity contribution in [1.29, 1.82) is 0 Å². The number of nitrogens with one attached hydrogen (secondary N) is 1. The first-order valence-electron chi connectivity index (χ1n) is 9.25. The Hall–Kier alpha value is -2.41. The maximum Gasteiger partial charge on any atom is 0.311 e. The van der Waals surface area contributed by atoms with E-state index >= 15 is 0 Å². The largest absolute Gasteiger partial charge is 0.493 e. The van der Waals surface area contributed by atoms with Crippen molar-refractivity contribution < 1.29 is 14.3 Å². The molecule has 1 heterocycles. The van der Waals surface area contributed by atoms with Gasteiger partial charge in [-0.1, -0.05) is 31.4 Å². The van der Waals surface area contributed by atoms with Crippen molar-refractivity contribution in [1.82, 2.24) is 4.98 Å². The monoisotopic (exact) mass is 389 g/mol. The first-order valence-corrected chi connectivity index (χ1v) is 10.1. The molecule has 6 nitrogen and oxygen atoms in total. The molecule has 1 aromatic heterocycles. The van der Waals surface area contributed by atoms with E-state index in [0.29, 0.717) is 24.0 Å². The van der Waals surface area contributed by atoms with E-state index in [1.807, 2.05) is 30.5 Å². The Morgan fingerprint density at radius 1 is 1.33 bits per heavy atom. The highest BCUT2D eigenvalue weighted by molar-refractivity contribution is 7.13. The molecule has 7 heteroatoms. The Labute approximate surface area is 164 Å². The van der Waals surface area contributed by atoms with E-state index in [1.54, 1.807) is 13.1 Å². The number of nitrogens with zero attached hydrogens (tertiary/aromatic N) is 2. The molecule has 0 aliphatic heterocycles. The second-order valence-electron chi connectivity index (χ2n) is 6.09. The minimum atomic E-state index is -0.275. The number of thiazole rings is 1. The van der Waals surface area contributed by atoms with Crippen LogP contribution < -0.4 is 10.2 Å². The van der Waals surface area contributed by atoms with Crippen LogP contribution in [-0.2, 0) is 16.0 Å². The van der Waals surface area contributed by atoms with Gasteiger partial charge in [-0.05, 0) is 32.4 Å². The number of hydrogen-bond donors (Lipinski definition) is 1. The Bertz CT molecular complexity index is 759. The van der Waals surface area contributed by atoms with E-state index in [0.717, 1.165) is 29.7 Å². The summed E-state index contributed by atoms with van der Waals surface area (Å²) in [6.07, 6.45) is 5.27. The lowest BCUT2D eigenvalue weighted by Gasteiger charge is -2.09. The van der Waals surface area contributed by atoms with Crippen molar-refractivity contribution in [2.75, 3.05) is 18.6 Å². The third-order valence-electron chi connectivity index (χ3n) is 3.72. The number of anilines is 1. The number of carbonyl (C=O) groups excluding carboxylic acids is 1. The molecule has 0 saturated carbocycles. The molecule has 27 heavy (non-hydrogen) atoms. The predicted octanol–water partition coefficient (Wildman–Crippen LogP) is 4.57. The summed E-state index contributed by atoms with van der Waals surface area (Å²) in [7, 11) is 0. The van der Waals surface area contributed by atoms with Crippen LogP contribution >= 0.6 is 11.3 Å². The zero-order chi connectivity index (χ0) is 19.5. The fraction of sp³-hybridized carbons (Fsp3) is 0.450. The van der Waals surface area contributed by atoms with Gasteiger partial charge in [0.1, 0.15) is 5.75 Å². The van der Waals surface area contributed by atoms with E-state index in [2.05, 4.69) is 22.4 Å². The Balaban J connectivity index is 1.94. The lowest BCUT2D eigenvalue weighted by atomic mass is 10.1. The summed E-state index contributed by atoms with van der Waals surface area (Å²) in [5, 5.41) is 6.72. The van der Waals surface area contributed by atoms with Gasteiger partial charge in [-0.15, -0.1) is 11.3 Å². The maximum atomic E-state index is 11.5. The van der Waals surface area contributed by atoms with Gasteiger partial charge in [0.15, 0.2) is 0 Å². The van der Waals surface area contributed by atoms with Gasteiger partial charge in [0, 0.05) is 10.9 Å². The topological polar surface area (TPSA) is 72.8 Å². The third kappa shape index (κ3) is 7.38. The molecule has 1 aromatic carbocycles. The van der Waals surface area contributed by atoms with Gasteiger partial charge in [0.25, 0.3) is 0 Å². The molecular formula is C20H27N3O3S. The summed E-state index contributed by atoms with van der Waals surface area (Å²) >= 11 is 1.40. The van der Waals surface area contributed by atoms with Crippen LogP contribution in [0.3, 0.4) is 0 Å². The fourth-order valence-corrected chi connectivity index (χ4v) is 3.05. The molecule has 146 valence electrons. The summed E-state index contributed by atoms with van der Waals surface area (Å²) in [6.45, 7) is 7.07. The lowest BCUT2D eigenvalue weighted by Crippen LogP contribution is -2.07. The van der Waals surface area contributed by atoms with Crippen LogP contribution in [0.4, 0.5) is 5.13 Å². The summed E-state index contributed by atoms with van der Waals surface area (Å²) < 4.78 is 10.8. The van der Waals surface area contributed by atoms with Crippen molar-refractivity contribution in [3.8, 4) is 5.75 Å². The fourth-order valence-electron chi connectivity index (χ4n) is 2.39. The number of carbonyl (C=O) groups is 1. The van der Waals surface area contributed by atoms with E-state index < -0.39 is 0 Å². The highest BCUT2D eigenvalue weighted by Gasteiger charge is 2.08. The SMILES string of the molecule is CCCCCOc1ccc(C)cc1C=NNc1nc(CC(=O)OCC)cs1. The van der Waals surface area contributed by atoms with Gasteiger partial charge in [-0.3, -0.25) is 10.2 Å². The van der Waals surface area contributed by atoms with Crippen LogP contribution in [0, 0.1) is 6.92 Å². The highest BCUT2D eigenvalue weighted by Crippen LogP contribution is 2.20. The number of rotatable bonds is 11. The molecule has 2 rings (SSSR count). The molecule has 0 amide bonds. The zero-order valence-electron chi connectivity index (χ0n) is 16.2. The minimum absolute atomic E-state index is 0.170. The molecular weight excluding hydrogens is 362 g/mol. The number of aromatic nitrogens is 1. The highest BCUT2D eigenvalue weighted by atomic mass is 32.1. The van der Waals surface area contributed by atoms with Gasteiger partial charge in [-0.2, -0.15) is 5.10 Å². The molecule has 0 fully saturated rings. The zero-order valence-corrected chi connectivity index (χ0v) is 17.0. The number of ether oxygens (including phenoxy) is 2. The number of aryl methyl sites for hydroxylation is 1. The predicted molar refractivity (Wildman–Crippen MR) is 110 cm³/mol. The molecule has 0 saturated heterocycles. The van der Waals surface area contributed by atoms with E-state index in [-0.39, 0.29) is 12.4 Å². The summed E-state index contributed by atoms with van der Waals surface area (Å²) in [6, 6.07) is 6.04. The number of unbranched alkanes of at least 4 members (excludes halogenated alkanes) is 2. The quantitative estimate of drug-likeness (QED) is 0.264. The second kappa shape index (κ2) is 11.3. The lowest BCUT2D eigenvalue weighted by molar-refractivity contribution is -0.142. The first kappa shape index (κ1) is 20.9. The summed E-state index contributed by atoms with van der Waals surface area (Å²) in [5.74, 6) is 0.548. The molecule has 0 atom stereocenters. The van der Waals surface area contributed by atoms with Crippen LogP contribution in [0.15, 0.2) is 28.7 Å². The van der Waals surface area contributed by atoms with Gasteiger partial charge >= 0.3 is 5.97 Å². The van der Waals surface area contributed by atoms with Gasteiger partial charge in [0.05, 0.1) is 31.5 Å². The number of hydrogen-bond acceptors (Lipinski definition) is 7. The Kier molecular flexibility index (Phi) is 8.77. The molecule has 0 aliphatic carbocycles. The van der Waals surface area contributed by atoms with Crippen molar-refractivity contribution in [3.05, 3.63) is 40.4 Å². The number of benzene rings is 1. The Morgan fingerprint density at radius 3 is 2.96 bits per heavy atom. The van der Waals surface area contributed by atoms with E-state index in [4.69, 9.17) is 9.47 Å². The normalized spacial score (nSPS) is 10.9. The maximum absolute atomic E-state index is 11.5. The average molecular weight is 390 g/mol. The van der Waals surface area contributed by atoms with Crippen LogP contribution in [0.25, 0.3) is 0 Å². The van der Waals surface area contributed by atoms with Crippen molar-refractivity contribution in [3.63, 3.8) is 0 Å². The molecule has 2 aromatic rings. The van der Waals surface area contributed by atoms with Gasteiger partial charge in [0.2, 0.25) is 5.13 Å². The van der Waals surface area contributed by atoms with Crippen LogP contribution in [0.2, 0.25) is 0 Å². The van der Waals surface area contributed by atoms with Gasteiger partial charge < -0.3 is 9.47 Å². The number of hydrazone groups is 1. The smallest absolute Gasteiger partial charge is 0.311 e. The first-order chi connectivity index (χ1) is 13.1. The molecule has 0 radical (unpaired) electrons. The van der Waals surface area contributed by atoms with Gasteiger partial charge in [-0.25, -0.2) is 4.98 Å². The van der Waals surface area contributed by atoms with Crippen molar-refractivity contribution >= 4 is 28.7 Å². The van der Waals surface area contributed by atoms with Crippen molar-refractivity contribution in [2.45, 2.75) is 46.5 Å².